The number of hydrogen-bond donors (Lipinski definition) is 1. The van der Waals surface area contributed by atoms with Gasteiger partial charge in [0.2, 0.25) is 0 Å². The molecule has 28 heavy (non-hydrogen) atoms. The van der Waals surface area contributed by atoms with E-state index in [1.54, 1.807) is 36.5 Å². The van der Waals surface area contributed by atoms with Crippen LogP contribution in [-0.4, -0.2) is 20.2 Å². The van der Waals surface area contributed by atoms with Crippen LogP contribution in [0.3, 0.4) is 0 Å². The number of nitro groups is 1. The third kappa shape index (κ3) is 3.14. The molecule has 2 aromatic heterocycles. The zero-order valence-corrected chi connectivity index (χ0v) is 16.0. The van der Waals surface area contributed by atoms with Gasteiger partial charge in [-0.2, -0.15) is 0 Å². The van der Waals surface area contributed by atoms with E-state index in [4.69, 9.17) is 0 Å². The largest absolute Gasteiger partial charge is 0.322 e. The van der Waals surface area contributed by atoms with Gasteiger partial charge in [-0.05, 0) is 32.0 Å². The van der Waals surface area contributed by atoms with Gasteiger partial charge in [0.25, 0.3) is 11.6 Å². The average Bonchev–Trinajstić information content (AvgIpc) is 3.24. The fraction of sp³-hybridized carbons (Fsp3) is 0.100. The number of hydrogen-bond acceptors (Lipinski definition) is 5. The minimum absolute atomic E-state index is 0.0713. The fourth-order valence-electron chi connectivity index (χ4n) is 3.02. The maximum atomic E-state index is 12.5. The molecule has 140 valence electrons. The lowest BCUT2D eigenvalue weighted by Crippen LogP contribution is -2.14. The van der Waals surface area contributed by atoms with Crippen molar-refractivity contribution in [3.8, 4) is 11.3 Å². The van der Waals surface area contributed by atoms with Gasteiger partial charge in [-0.3, -0.25) is 19.3 Å². The van der Waals surface area contributed by atoms with E-state index in [2.05, 4.69) is 15.7 Å². The first-order valence-electron chi connectivity index (χ1n) is 8.53. The SMILES string of the molecule is Cc1c(C(=O)Nc2ccc(-c3cn4c(C)csc4n3)cc2)cccc1[N+](=O)[O-]. The first-order chi connectivity index (χ1) is 13.4. The number of anilines is 1. The van der Waals surface area contributed by atoms with Crippen LogP contribution in [0.15, 0.2) is 54.0 Å². The van der Waals surface area contributed by atoms with E-state index in [0.29, 0.717) is 11.3 Å². The molecule has 4 rings (SSSR count). The Labute approximate surface area is 164 Å². The Morgan fingerprint density at radius 3 is 2.61 bits per heavy atom. The number of fused-ring (bicyclic) bond motifs is 1. The van der Waals surface area contributed by atoms with Crippen LogP contribution in [0.25, 0.3) is 16.2 Å². The lowest BCUT2D eigenvalue weighted by molar-refractivity contribution is -0.385. The molecule has 0 aliphatic heterocycles. The Hall–Kier alpha value is -3.52. The molecule has 0 fully saturated rings. The second-order valence-corrected chi connectivity index (χ2v) is 7.23. The fourth-order valence-corrected chi connectivity index (χ4v) is 3.87. The van der Waals surface area contributed by atoms with Gasteiger partial charge in [0.05, 0.1) is 10.6 Å². The number of carbonyl (C=O) groups is 1. The van der Waals surface area contributed by atoms with Gasteiger partial charge in [0.1, 0.15) is 0 Å². The van der Waals surface area contributed by atoms with Crippen LogP contribution < -0.4 is 5.32 Å². The number of nitrogens with zero attached hydrogens (tertiary/aromatic N) is 3. The molecule has 7 nitrogen and oxygen atoms in total. The summed E-state index contributed by atoms with van der Waals surface area (Å²) in [7, 11) is 0. The van der Waals surface area contributed by atoms with Crippen molar-refractivity contribution in [2.24, 2.45) is 0 Å². The Kier molecular flexibility index (Phi) is 4.40. The van der Waals surface area contributed by atoms with Gasteiger partial charge in [-0.25, -0.2) is 4.98 Å². The van der Waals surface area contributed by atoms with E-state index in [1.807, 2.05) is 29.7 Å². The van der Waals surface area contributed by atoms with Crippen LogP contribution in [0, 0.1) is 24.0 Å². The minimum atomic E-state index is -0.488. The van der Waals surface area contributed by atoms with E-state index >= 15 is 0 Å². The monoisotopic (exact) mass is 392 g/mol. The van der Waals surface area contributed by atoms with Crippen LogP contribution in [0.5, 0.6) is 0 Å². The second-order valence-electron chi connectivity index (χ2n) is 6.39. The quantitative estimate of drug-likeness (QED) is 0.397. The molecule has 0 aliphatic rings. The Morgan fingerprint density at radius 1 is 1.18 bits per heavy atom. The minimum Gasteiger partial charge on any atom is -0.322 e. The summed E-state index contributed by atoms with van der Waals surface area (Å²) in [6.45, 7) is 3.60. The number of aromatic nitrogens is 2. The molecule has 0 bridgehead atoms. The van der Waals surface area contributed by atoms with Crippen molar-refractivity contribution in [3.63, 3.8) is 0 Å². The van der Waals surface area contributed by atoms with Gasteiger partial charge >= 0.3 is 0 Å². The number of thiazole rings is 1. The normalized spacial score (nSPS) is 10.9. The maximum absolute atomic E-state index is 12.5. The topological polar surface area (TPSA) is 89.5 Å². The highest BCUT2D eigenvalue weighted by atomic mass is 32.1. The van der Waals surface area contributed by atoms with E-state index in [0.717, 1.165) is 21.9 Å². The van der Waals surface area contributed by atoms with Crippen LogP contribution in [-0.2, 0) is 0 Å². The molecule has 0 atom stereocenters. The molecule has 0 saturated carbocycles. The highest BCUT2D eigenvalue weighted by Gasteiger charge is 2.18. The molecule has 1 N–H and O–H groups in total. The Bertz CT molecular complexity index is 1210. The molecule has 0 unspecified atom stereocenters. The summed E-state index contributed by atoms with van der Waals surface area (Å²) < 4.78 is 2.04. The van der Waals surface area contributed by atoms with Crippen molar-refractivity contribution in [3.05, 3.63) is 81.0 Å². The number of nitro benzene ring substituents is 1. The standard InChI is InChI=1S/C20H16N4O3S/c1-12-11-28-20-22-17(10-23(12)20)14-6-8-15(9-7-14)21-19(25)16-4-3-5-18(13(16)2)24(26)27/h3-11H,1-2H3,(H,21,25). The van der Waals surface area contributed by atoms with Crippen LogP contribution in [0.4, 0.5) is 11.4 Å². The second kappa shape index (κ2) is 6.90. The van der Waals surface area contributed by atoms with E-state index in [1.165, 1.54) is 12.1 Å². The summed E-state index contributed by atoms with van der Waals surface area (Å²) in [6.07, 6.45) is 1.99. The molecule has 0 spiro atoms. The van der Waals surface area contributed by atoms with Gasteiger partial charge in [0, 0.05) is 45.7 Å². The van der Waals surface area contributed by atoms with Crippen molar-refractivity contribution in [2.45, 2.75) is 13.8 Å². The molecule has 1 amide bonds. The summed E-state index contributed by atoms with van der Waals surface area (Å²) in [6, 6.07) is 11.8. The number of benzene rings is 2. The first kappa shape index (κ1) is 17.9. The number of amides is 1. The Balaban J connectivity index is 1.55. The zero-order valence-electron chi connectivity index (χ0n) is 15.2. The third-order valence-electron chi connectivity index (χ3n) is 4.57. The molecule has 2 aromatic carbocycles. The molecule has 8 heteroatoms. The molecule has 0 radical (unpaired) electrons. The van der Waals surface area contributed by atoms with Gasteiger partial charge in [0.15, 0.2) is 4.96 Å². The number of carbonyl (C=O) groups excluding carboxylic acids is 1. The molecule has 4 aromatic rings. The average molecular weight is 392 g/mol. The summed E-state index contributed by atoms with van der Waals surface area (Å²) >= 11 is 1.59. The highest BCUT2D eigenvalue weighted by molar-refractivity contribution is 7.15. The van der Waals surface area contributed by atoms with Crippen molar-refractivity contribution < 1.29 is 9.72 Å². The van der Waals surface area contributed by atoms with Gasteiger partial charge in [-0.15, -0.1) is 11.3 Å². The molecular formula is C20H16N4O3S. The van der Waals surface area contributed by atoms with Gasteiger partial charge < -0.3 is 5.32 Å². The third-order valence-corrected chi connectivity index (χ3v) is 5.53. The number of aryl methyl sites for hydroxylation is 1. The van der Waals surface area contributed by atoms with Crippen molar-refractivity contribution in [1.82, 2.24) is 9.38 Å². The maximum Gasteiger partial charge on any atom is 0.273 e. The Morgan fingerprint density at radius 2 is 1.93 bits per heavy atom. The van der Waals surface area contributed by atoms with Crippen molar-refractivity contribution in [1.29, 1.82) is 0 Å². The van der Waals surface area contributed by atoms with Crippen LogP contribution in [0.2, 0.25) is 0 Å². The zero-order chi connectivity index (χ0) is 19.8. The summed E-state index contributed by atoms with van der Waals surface area (Å²) in [5.41, 5.74) is 4.10. The van der Waals surface area contributed by atoms with E-state index < -0.39 is 4.92 Å². The smallest absolute Gasteiger partial charge is 0.273 e. The highest BCUT2D eigenvalue weighted by Crippen LogP contribution is 2.26. The van der Waals surface area contributed by atoms with E-state index in [-0.39, 0.29) is 17.2 Å². The molecule has 0 aliphatic carbocycles. The summed E-state index contributed by atoms with van der Waals surface area (Å²) in [4.78, 5) is 28.7. The van der Waals surface area contributed by atoms with Crippen LogP contribution >= 0.6 is 11.3 Å². The first-order valence-corrected chi connectivity index (χ1v) is 9.41. The van der Waals surface area contributed by atoms with Crippen molar-refractivity contribution >= 4 is 33.6 Å². The number of imidazole rings is 1. The summed E-state index contributed by atoms with van der Waals surface area (Å²) in [5.74, 6) is -0.382. The lowest BCUT2D eigenvalue weighted by atomic mass is 10.1. The predicted octanol–water partition coefficient (Wildman–Crippen LogP) is 4.84. The number of rotatable bonds is 4. The lowest BCUT2D eigenvalue weighted by Gasteiger charge is -2.08. The molecular weight excluding hydrogens is 376 g/mol. The molecule has 0 saturated heterocycles. The van der Waals surface area contributed by atoms with E-state index in [9.17, 15) is 14.9 Å². The summed E-state index contributed by atoms with van der Waals surface area (Å²) in [5, 5.41) is 15.9. The molecule has 2 heterocycles. The van der Waals surface area contributed by atoms with Crippen molar-refractivity contribution in [2.75, 3.05) is 5.32 Å². The van der Waals surface area contributed by atoms with Gasteiger partial charge in [-0.1, -0.05) is 18.2 Å². The predicted molar refractivity (Wildman–Crippen MR) is 109 cm³/mol. The number of nitrogens with one attached hydrogen (secondary N) is 1. The van der Waals surface area contributed by atoms with Crippen LogP contribution in [0.1, 0.15) is 21.6 Å².